The van der Waals surface area contributed by atoms with Crippen molar-refractivity contribution in [2.24, 2.45) is 0 Å². The van der Waals surface area contributed by atoms with Crippen LogP contribution >= 0.6 is 0 Å². The van der Waals surface area contributed by atoms with Gasteiger partial charge in [0.2, 0.25) is 5.95 Å². The summed E-state index contributed by atoms with van der Waals surface area (Å²) in [6.45, 7) is 9.32. The van der Waals surface area contributed by atoms with Gasteiger partial charge in [0, 0.05) is 24.1 Å². The molecule has 2 N–H and O–H groups in total. The monoisotopic (exact) mass is 664 g/mol. The van der Waals surface area contributed by atoms with Crippen LogP contribution in [0.2, 0.25) is 0 Å². The molecule has 1 fully saturated rings. The molecule has 2 aliphatic rings. The second-order valence-corrected chi connectivity index (χ2v) is 15.2. The van der Waals surface area contributed by atoms with Gasteiger partial charge < -0.3 is 15.0 Å². The molecule has 0 saturated carbocycles. The summed E-state index contributed by atoms with van der Waals surface area (Å²) in [5, 5.41) is 19.6. The minimum Gasteiger partial charge on any atom is -0.484 e. The number of piperidine rings is 1. The molecule has 1 aliphatic heterocycles. The summed E-state index contributed by atoms with van der Waals surface area (Å²) in [4.78, 5) is 15.7. The highest BCUT2D eigenvalue weighted by Gasteiger charge is 2.30. The van der Waals surface area contributed by atoms with Crippen molar-refractivity contribution in [3.63, 3.8) is 0 Å². The molecule has 252 valence electrons. The maximum atomic E-state index is 13.4. The van der Waals surface area contributed by atoms with E-state index >= 15 is 0 Å². The molecular weight excluding hydrogens is 620 g/mol. The van der Waals surface area contributed by atoms with E-state index in [9.17, 15) is 13.2 Å². The van der Waals surface area contributed by atoms with E-state index in [1.165, 1.54) is 6.42 Å². The Bertz CT molecular complexity index is 1850. The number of carbonyl (C=O) groups excluding carboxylic acids is 1. The van der Waals surface area contributed by atoms with Gasteiger partial charge in [-0.2, -0.15) is 13.5 Å². The van der Waals surface area contributed by atoms with Crippen LogP contribution in [0.15, 0.2) is 48.7 Å². The van der Waals surface area contributed by atoms with Crippen LogP contribution in [0.25, 0.3) is 5.65 Å². The summed E-state index contributed by atoms with van der Waals surface area (Å²) in [5.41, 5.74) is 3.29. The molecule has 0 bridgehead atoms. The average Bonchev–Trinajstić information content (AvgIpc) is 3.62. The summed E-state index contributed by atoms with van der Waals surface area (Å²) in [7, 11) is -3.60. The van der Waals surface area contributed by atoms with Crippen LogP contribution in [-0.2, 0) is 26.3 Å². The van der Waals surface area contributed by atoms with Gasteiger partial charge in [0.15, 0.2) is 5.65 Å². The van der Waals surface area contributed by atoms with Gasteiger partial charge in [0.1, 0.15) is 17.7 Å². The third kappa shape index (κ3) is 7.54. The molecule has 14 heteroatoms. The largest absolute Gasteiger partial charge is 0.484 e. The van der Waals surface area contributed by atoms with Crippen molar-refractivity contribution in [1.29, 1.82) is 0 Å². The van der Waals surface area contributed by atoms with Crippen LogP contribution in [0.1, 0.15) is 88.8 Å². The topological polar surface area (TPSA) is 145 Å². The summed E-state index contributed by atoms with van der Waals surface area (Å²) in [6, 6.07) is 13.5. The molecular formula is C33H44N8O5S. The van der Waals surface area contributed by atoms with Crippen molar-refractivity contribution >= 4 is 33.6 Å². The number of rotatable bonds is 9. The Hall–Kier alpha value is -4.17. The smallest absolute Gasteiger partial charge is 0.320 e. The number of pyridine rings is 1. The highest BCUT2D eigenvalue weighted by molar-refractivity contribution is 7.85. The van der Waals surface area contributed by atoms with Crippen molar-refractivity contribution in [2.45, 2.75) is 89.9 Å². The Morgan fingerprint density at radius 2 is 1.83 bits per heavy atom. The minimum atomic E-state index is -3.60. The number of fused-ring (bicyclic) bond motifs is 2. The molecule has 4 heterocycles. The number of benzene rings is 1. The van der Waals surface area contributed by atoms with Gasteiger partial charge in [-0.1, -0.05) is 45.0 Å². The molecule has 1 aliphatic carbocycles. The molecule has 1 aromatic carbocycles. The van der Waals surface area contributed by atoms with Crippen LogP contribution in [-0.4, -0.2) is 64.3 Å². The molecule has 3 aromatic heterocycles. The van der Waals surface area contributed by atoms with Gasteiger partial charge in [0.25, 0.3) is 10.1 Å². The van der Waals surface area contributed by atoms with E-state index in [1.807, 2.05) is 67.8 Å². The number of aromatic nitrogens is 5. The SMILES string of the molecule is C[C@H]1CCCCN1c1nnc2ccc(O[C@@H]3CC[C@H](NC(=O)Nc4cc(C(C)(C)C)nn4CCOS(C)(=O)=O)c4ccccc43)cn12. The zero-order valence-electron chi connectivity index (χ0n) is 27.6. The number of anilines is 2. The van der Waals surface area contributed by atoms with E-state index in [1.54, 1.807) is 4.68 Å². The first-order valence-corrected chi connectivity index (χ1v) is 18.0. The zero-order valence-corrected chi connectivity index (χ0v) is 28.5. The number of urea groups is 1. The van der Waals surface area contributed by atoms with Gasteiger partial charge in [-0.3, -0.25) is 13.9 Å². The van der Waals surface area contributed by atoms with Gasteiger partial charge in [0.05, 0.1) is 37.3 Å². The summed E-state index contributed by atoms with van der Waals surface area (Å²) >= 11 is 0. The average molecular weight is 665 g/mol. The third-order valence-electron chi connectivity index (χ3n) is 8.83. The Balaban J connectivity index is 1.16. The molecule has 2 amide bonds. The number of amides is 2. The van der Waals surface area contributed by atoms with Crippen LogP contribution in [0.3, 0.4) is 0 Å². The molecule has 4 aromatic rings. The summed E-state index contributed by atoms with van der Waals surface area (Å²) < 4.78 is 38.0. The predicted octanol–water partition coefficient (Wildman–Crippen LogP) is 5.36. The highest BCUT2D eigenvalue weighted by atomic mass is 32.2. The molecule has 13 nitrogen and oxygen atoms in total. The first-order valence-electron chi connectivity index (χ1n) is 16.2. The molecule has 47 heavy (non-hydrogen) atoms. The normalized spacial score (nSPS) is 20.2. The molecule has 0 unspecified atom stereocenters. The van der Waals surface area contributed by atoms with Crippen molar-refractivity contribution in [2.75, 3.05) is 29.6 Å². The Morgan fingerprint density at radius 1 is 1.04 bits per heavy atom. The van der Waals surface area contributed by atoms with E-state index in [-0.39, 0.29) is 36.7 Å². The summed E-state index contributed by atoms with van der Waals surface area (Å²) in [6.07, 6.45) is 7.67. The molecule has 0 spiro atoms. The lowest BCUT2D eigenvalue weighted by atomic mass is 9.85. The number of carbonyl (C=O) groups is 1. The van der Waals surface area contributed by atoms with E-state index in [2.05, 4.69) is 43.8 Å². The molecule has 1 saturated heterocycles. The van der Waals surface area contributed by atoms with Crippen LogP contribution < -0.4 is 20.3 Å². The Morgan fingerprint density at radius 3 is 2.57 bits per heavy atom. The lowest BCUT2D eigenvalue weighted by molar-refractivity contribution is 0.171. The fraction of sp³-hybridized carbons (Fsp3) is 0.515. The van der Waals surface area contributed by atoms with Crippen molar-refractivity contribution in [3.05, 3.63) is 65.5 Å². The van der Waals surface area contributed by atoms with Crippen molar-refractivity contribution in [3.8, 4) is 5.75 Å². The first-order chi connectivity index (χ1) is 22.4. The van der Waals surface area contributed by atoms with E-state index < -0.39 is 10.1 Å². The number of nitrogens with one attached hydrogen (secondary N) is 2. The standard InChI is InChI=1S/C33H44N8O5S/c1-22-10-8-9-17-39(22)32-37-36-29-16-13-23(21-40(29)32)46-27-15-14-26(24-11-6-7-12-25(24)27)34-31(42)35-30-20-28(33(2,3)4)38-41(30)18-19-45-47(5,43)44/h6-7,11-13,16,20-22,26-27H,8-10,14-15,17-19H2,1-5H3,(H2,34,35,42)/t22-,26-,27+/m0/s1. The highest BCUT2D eigenvalue weighted by Crippen LogP contribution is 2.39. The van der Waals surface area contributed by atoms with E-state index in [0.29, 0.717) is 24.7 Å². The lowest BCUT2D eigenvalue weighted by Gasteiger charge is -2.33. The van der Waals surface area contributed by atoms with Crippen LogP contribution in [0.5, 0.6) is 5.75 Å². The fourth-order valence-electron chi connectivity index (χ4n) is 6.35. The first kappa shape index (κ1) is 32.8. The Labute approximate surface area is 275 Å². The second-order valence-electron chi connectivity index (χ2n) is 13.5. The van der Waals surface area contributed by atoms with Gasteiger partial charge >= 0.3 is 6.03 Å². The third-order valence-corrected chi connectivity index (χ3v) is 9.42. The maximum Gasteiger partial charge on any atom is 0.320 e. The molecule has 6 rings (SSSR count). The van der Waals surface area contributed by atoms with Crippen molar-refractivity contribution in [1.82, 2.24) is 29.7 Å². The zero-order chi connectivity index (χ0) is 33.3. The van der Waals surface area contributed by atoms with Gasteiger partial charge in [-0.15, -0.1) is 10.2 Å². The quantitative estimate of drug-likeness (QED) is 0.226. The second kappa shape index (κ2) is 13.1. The van der Waals surface area contributed by atoms with E-state index in [4.69, 9.17) is 8.92 Å². The van der Waals surface area contributed by atoms with Crippen LogP contribution in [0, 0.1) is 0 Å². The minimum absolute atomic E-state index is 0.0965. The number of ether oxygens (including phenoxy) is 1. The maximum absolute atomic E-state index is 13.4. The number of hydrogen-bond acceptors (Lipinski definition) is 9. The number of nitrogens with zero attached hydrogens (tertiary/aromatic N) is 6. The van der Waals surface area contributed by atoms with Crippen LogP contribution in [0.4, 0.5) is 16.6 Å². The molecule has 3 atom stereocenters. The lowest BCUT2D eigenvalue weighted by Crippen LogP contribution is -2.38. The Kier molecular flexibility index (Phi) is 9.16. The predicted molar refractivity (Wildman–Crippen MR) is 179 cm³/mol. The van der Waals surface area contributed by atoms with Crippen molar-refractivity contribution < 1.29 is 22.1 Å². The number of hydrogen-bond donors (Lipinski definition) is 2. The fourth-order valence-corrected chi connectivity index (χ4v) is 6.72. The van der Waals surface area contributed by atoms with Gasteiger partial charge in [-0.25, -0.2) is 9.48 Å². The van der Waals surface area contributed by atoms with E-state index in [0.717, 1.165) is 59.8 Å². The molecule has 0 radical (unpaired) electrons. The van der Waals surface area contributed by atoms with Gasteiger partial charge in [-0.05, 0) is 62.3 Å². The summed E-state index contributed by atoms with van der Waals surface area (Å²) in [5.74, 6) is 2.03.